The second-order valence-corrected chi connectivity index (χ2v) is 4.70. The van der Waals surface area contributed by atoms with Crippen LogP contribution in [0.25, 0.3) is 10.9 Å². The molecule has 2 aromatic heterocycles. The van der Waals surface area contributed by atoms with Gasteiger partial charge in [0.1, 0.15) is 6.33 Å². The lowest BCUT2D eigenvalue weighted by atomic mass is 10.2. The number of hydrogen-bond donors (Lipinski definition) is 3. The number of fused-ring (bicyclic) bond motifs is 1. The molecular formula is C13H15N7O. The third-order valence-corrected chi connectivity index (χ3v) is 3.02. The minimum Gasteiger partial charge on any atom is -0.399 e. The quantitative estimate of drug-likeness (QED) is 0.593. The summed E-state index contributed by atoms with van der Waals surface area (Å²) in [5.41, 5.74) is 6.59. The number of nitrogens with one attached hydrogen (secondary N) is 2. The summed E-state index contributed by atoms with van der Waals surface area (Å²) in [6, 6.07) is 5.06. The maximum absolute atomic E-state index is 12.0. The van der Waals surface area contributed by atoms with E-state index in [9.17, 15) is 4.79 Å². The molecule has 0 aliphatic rings. The monoisotopic (exact) mass is 285 g/mol. The standard InChI is InChI=1S/C13H15N7O/c1-20-7-16-11(19-20)4-5-15-13-17-10-3-2-8(14)6-9(10)12(21)18-13/h2-3,6-7H,4-5,14H2,1H3,(H2,15,17,18,21). The molecule has 4 N–H and O–H groups in total. The highest BCUT2D eigenvalue weighted by atomic mass is 16.1. The fourth-order valence-electron chi connectivity index (χ4n) is 2.03. The van der Waals surface area contributed by atoms with Gasteiger partial charge in [0, 0.05) is 25.7 Å². The Morgan fingerprint density at radius 3 is 3.05 bits per heavy atom. The number of hydrogen-bond acceptors (Lipinski definition) is 6. The van der Waals surface area contributed by atoms with Crippen LogP contribution in [0.5, 0.6) is 0 Å². The Morgan fingerprint density at radius 1 is 1.43 bits per heavy atom. The second-order valence-electron chi connectivity index (χ2n) is 4.70. The largest absolute Gasteiger partial charge is 0.399 e. The summed E-state index contributed by atoms with van der Waals surface area (Å²) in [6.45, 7) is 0.577. The van der Waals surface area contributed by atoms with Gasteiger partial charge >= 0.3 is 0 Å². The van der Waals surface area contributed by atoms with Crippen LogP contribution in [0.4, 0.5) is 11.6 Å². The first-order chi connectivity index (χ1) is 10.1. The molecule has 0 fully saturated rings. The Hall–Kier alpha value is -2.90. The fraction of sp³-hybridized carbons (Fsp3) is 0.231. The van der Waals surface area contributed by atoms with E-state index in [-0.39, 0.29) is 5.56 Å². The van der Waals surface area contributed by atoms with Crippen LogP contribution in [-0.4, -0.2) is 31.3 Å². The number of H-pyrrole nitrogens is 1. The van der Waals surface area contributed by atoms with E-state index in [4.69, 9.17) is 5.73 Å². The number of nitrogens with two attached hydrogens (primary N) is 1. The summed E-state index contributed by atoms with van der Waals surface area (Å²) < 4.78 is 1.65. The summed E-state index contributed by atoms with van der Waals surface area (Å²) in [4.78, 5) is 23.1. The van der Waals surface area contributed by atoms with Crippen LogP contribution < -0.4 is 16.6 Å². The highest BCUT2D eigenvalue weighted by Crippen LogP contribution is 2.12. The van der Waals surface area contributed by atoms with Crippen molar-refractivity contribution in [1.82, 2.24) is 24.7 Å². The molecule has 0 spiro atoms. The Morgan fingerprint density at radius 2 is 2.29 bits per heavy atom. The zero-order chi connectivity index (χ0) is 14.8. The van der Waals surface area contributed by atoms with E-state index in [0.29, 0.717) is 35.5 Å². The average molecular weight is 285 g/mol. The Balaban J connectivity index is 1.75. The molecule has 0 saturated carbocycles. The predicted molar refractivity (Wildman–Crippen MR) is 80.0 cm³/mol. The van der Waals surface area contributed by atoms with Crippen molar-refractivity contribution in [3.63, 3.8) is 0 Å². The predicted octanol–water partition coefficient (Wildman–Crippen LogP) is 0.288. The van der Waals surface area contributed by atoms with E-state index in [1.165, 1.54) is 0 Å². The van der Waals surface area contributed by atoms with Crippen LogP contribution >= 0.6 is 0 Å². The van der Waals surface area contributed by atoms with Crippen LogP contribution in [0, 0.1) is 0 Å². The van der Waals surface area contributed by atoms with Crippen LogP contribution in [-0.2, 0) is 13.5 Å². The van der Waals surface area contributed by atoms with Crippen LogP contribution in [0.1, 0.15) is 5.82 Å². The molecule has 108 valence electrons. The third kappa shape index (κ3) is 2.83. The van der Waals surface area contributed by atoms with Gasteiger partial charge in [-0.3, -0.25) is 14.5 Å². The molecular weight excluding hydrogens is 270 g/mol. The van der Waals surface area contributed by atoms with Gasteiger partial charge in [0.15, 0.2) is 5.82 Å². The first kappa shape index (κ1) is 13.1. The van der Waals surface area contributed by atoms with Gasteiger partial charge in [-0.1, -0.05) is 0 Å². The highest BCUT2D eigenvalue weighted by molar-refractivity contribution is 5.81. The van der Waals surface area contributed by atoms with Crippen molar-refractivity contribution in [3.05, 3.63) is 40.7 Å². The van der Waals surface area contributed by atoms with Crippen molar-refractivity contribution in [2.24, 2.45) is 7.05 Å². The highest BCUT2D eigenvalue weighted by Gasteiger charge is 2.04. The molecule has 8 heteroatoms. The van der Waals surface area contributed by atoms with Crippen molar-refractivity contribution in [2.45, 2.75) is 6.42 Å². The average Bonchev–Trinajstić information content (AvgIpc) is 2.85. The van der Waals surface area contributed by atoms with E-state index >= 15 is 0 Å². The normalized spacial score (nSPS) is 10.9. The van der Waals surface area contributed by atoms with Gasteiger partial charge in [0.25, 0.3) is 5.56 Å². The zero-order valence-electron chi connectivity index (χ0n) is 11.5. The first-order valence-electron chi connectivity index (χ1n) is 6.50. The molecule has 2 heterocycles. The number of aromatic nitrogens is 5. The first-order valence-corrected chi connectivity index (χ1v) is 6.50. The molecule has 8 nitrogen and oxygen atoms in total. The Bertz CT molecular complexity index is 836. The second kappa shape index (κ2) is 5.23. The lowest BCUT2D eigenvalue weighted by molar-refractivity contribution is 0.741. The molecule has 0 saturated heterocycles. The van der Waals surface area contributed by atoms with Crippen molar-refractivity contribution in [2.75, 3.05) is 17.6 Å². The van der Waals surface area contributed by atoms with Gasteiger partial charge < -0.3 is 11.1 Å². The van der Waals surface area contributed by atoms with Gasteiger partial charge in [0.05, 0.1) is 10.9 Å². The molecule has 1 aromatic carbocycles. The smallest absolute Gasteiger partial charge is 0.260 e. The van der Waals surface area contributed by atoms with Crippen molar-refractivity contribution >= 4 is 22.5 Å². The molecule has 0 radical (unpaired) electrons. The van der Waals surface area contributed by atoms with Crippen molar-refractivity contribution < 1.29 is 0 Å². The van der Waals surface area contributed by atoms with Crippen molar-refractivity contribution in [1.29, 1.82) is 0 Å². The van der Waals surface area contributed by atoms with Crippen LogP contribution in [0.15, 0.2) is 29.3 Å². The number of nitrogen functional groups attached to an aromatic ring is 1. The zero-order valence-corrected chi connectivity index (χ0v) is 11.5. The maximum Gasteiger partial charge on any atom is 0.260 e. The Kier molecular flexibility index (Phi) is 3.27. The number of rotatable bonds is 4. The molecule has 0 aliphatic carbocycles. The van der Waals surface area contributed by atoms with E-state index in [2.05, 4.69) is 25.4 Å². The topological polar surface area (TPSA) is 115 Å². The van der Waals surface area contributed by atoms with Crippen LogP contribution in [0.3, 0.4) is 0 Å². The summed E-state index contributed by atoms with van der Waals surface area (Å²) in [5.74, 6) is 1.16. The fourth-order valence-corrected chi connectivity index (χ4v) is 2.03. The molecule has 0 unspecified atom stereocenters. The summed E-state index contributed by atoms with van der Waals surface area (Å²) in [7, 11) is 1.82. The molecule has 3 aromatic rings. The van der Waals surface area contributed by atoms with Gasteiger partial charge in [-0.2, -0.15) is 5.10 Å². The number of aryl methyl sites for hydroxylation is 1. The van der Waals surface area contributed by atoms with E-state index in [1.54, 1.807) is 29.2 Å². The maximum atomic E-state index is 12.0. The molecule has 0 bridgehead atoms. The molecule has 0 aliphatic heterocycles. The van der Waals surface area contributed by atoms with Gasteiger partial charge in [-0.05, 0) is 18.2 Å². The van der Waals surface area contributed by atoms with Gasteiger partial charge in [-0.25, -0.2) is 9.97 Å². The van der Waals surface area contributed by atoms with E-state index in [1.807, 2.05) is 7.05 Å². The van der Waals surface area contributed by atoms with E-state index < -0.39 is 0 Å². The van der Waals surface area contributed by atoms with Gasteiger partial charge in [-0.15, -0.1) is 0 Å². The van der Waals surface area contributed by atoms with E-state index in [0.717, 1.165) is 5.82 Å². The molecule has 0 atom stereocenters. The molecule has 21 heavy (non-hydrogen) atoms. The number of nitrogens with zero attached hydrogens (tertiary/aromatic N) is 4. The minimum atomic E-state index is -0.217. The minimum absolute atomic E-state index is 0.217. The van der Waals surface area contributed by atoms with Gasteiger partial charge in [0.2, 0.25) is 5.95 Å². The number of benzene rings is 1. The van der Waals surface area contributed by atoms with Crippen molar-refractivity contribution in [3.8, 4) is 0 Å². The number of aromatic amines is 1. The molecule has 0 amide bonds. The summed E-state index contributed by atoms with van der Waals surface area (Å²) >= 11 is 0. The lowest BCUT2D eigenvalue weighted by Crippen LogP contribution is -2.15. The van der Waals surface area contributed by atoms with Crippen LogP contribution in [0.2, 0.25) is 0 Å². The number of anilines is 2. The Labute approximate surface area is 120 Å². The SMILES string of the molecule is Cn1cnc(CCNc2nc3ccc(N)cc3c(=O)[nH]2)n1. The summed E-state index contributed by atoms with van der Waals surface area (Å²) in [5, 5.41) is 7.72. The molecule has 3 rings (SSSR count). The summed E-state index contributed by atoms with van der Waals surface area (Å²) in [6.07, 6.45) is 2.29. The lowest BCUT2D eigenvalue weighted by Gasteiger charge is -2.05. The third-order valence-electron chi connectivity index (χ3n) is 3.02.